The molecule has 1 aliphatic rings. The molecule has 2 heterocycles. The Morgan fingerprint density at radius 2 is 2.17 bits per heavy atom. The predicted octanol–water partition coefficient (Wildman–Crippen LogP) is -0.121. The summed E-state index contributed by atoms with van der Waals surface area (Å²) in [7, 11) is -3.04. The molecule has 0 aliphatic carbocycles. The van der Waals surface area contributed by atoms with Crippen LogP contribution in [-0.2, 0) is 10.0 Å². The molecule has 0 aromatic carbocycles. The molecule has 8 heteroatoms. The number of hydrogen-bond donors (Lipinski definition) is 2. The molecule has 7 nitrogen and oxygen atoms in total. The standard InChI is InChI=1S/C10H19N5O2S/c1-8(10-11-7-12-14-10)13-9-3-5-15(6-4-9)18(2,16)17/h7-9,13H,3-6H2,1-2H3,(H,11,12,14). The van der Waals surface area contributed by atoms with E-state index in [-0.39, 0.29) is 6.04 Å². The first-order valence-electron chi connectivity index (χ1n) is 6.03. The first kappa shape index (κ1) is 13.4. The largest absolute Gasteiger partial charge is 0.305 e. The van der Waals surface area contributed by atoms with Gasteiger partial charge in [-0.2, -0.15) is 5.10 Å². The summed E-state index contributed by atoms with van der Waals surface area (Å²) >= 11 is 0. The van der Waals surface area contributed by atoms with E-state index in [4.69, 9.17) is 0 Å². The molecule has 1 aromatic heterocycles. The predicted molar refractivity (Wildman–Crippen MR) is 67.4 cm³/mol. The number of sulfonamides is 1. The molecule has 102 valence electrons. The highest BCUT2D eigenvalue weighted by Gasteiger charge is 2.25. The molecule has 0 radical (unpaired) electrons. The van der Waals surface area contributed by atoms with Gasteiger partial charge in [0, 0.05) is 19.1 Å². The van der Waals surface area contributed by atoms with E-state index in [0.717, 1.165) is 18.7 Å². The lowest BCUT2D eigenvalue weighted by atomic mass is 10.1. The van der Waals surface area contributed by atoms with Gasteiger partial charge in [0.2, 0.25) is 10.0 Å². The maximum atomic E-state index is 11.4. The number of hydrogen-bond acceptors (Lipinski definition) is 5. The second kappa shape index (κ2) is 5.33. The zero-order chi connectivity index (χ0) is 13.2. The van der Waals surface area contributed by atoms with Crippen molar-refractivity contribution in [2.45, 2.75) is 31.8 Å². The number of nitrogens with one attached hydrogen (secondary N) is 2. The summed E-state index contributed by atoms with van der Waals surface area (Å²) in [6.07, 6.45) is 4.40. The van der Waals surface area contributed by atoms with Gasteiger partial charge in [-0.15, -0.1) is 0 Å². The molecule has 1 atom stereocenters. The molecule has 1 saturated heterocycles. The molecular formula is C10H19N5O2S. The second-order valence-electron chi connectivity index (χ2n) is 4.70. The number of nitrogens with zero attached hydrogens (tertiary/aromatic N) is 3. The highest BCUT2D eigenvalue weighted by Crippen LogP contribution is 2.16. The molecule has 0 saturated carbocycles. The van der Waals surface area contributed by atoms with E-state index in [1.165, 1.54) is 16.9 Å². The number of aromatic nitrogens is 3. The minimum Gasteiger partial charge on any atom is -0.305 e. The maximum absolute atomic E-state index is 11.4. The maximum Gasteiger partial charge on any atom is 0.211 e. The fourth-order valence-electron chi connectivity index (χ4n) is 2.21. The Morgan fingerprint density at radius 1 is 1.50 bits per heavy atom. The lowest BCUT2D eigenvalue weighted by Crippen LogP contribution is -2.45. The average Bonchev–Trinajstić information content (AvgIpc) is 2.82. The van der Waals surface area contributed by atoms with Crippen LogP contribution in [-0.4, -0.2) is 53.3 Å². The van der Waals surface area contributed by atoms with E-state index in [0.29, 0.717) is 19.1 Å². The van der Waals surface area contributed by atoms with E-state index in [1.807, 2.05) is 6.92 Å². The topological polar surface area (TPSA) is 91.0 Å². The van der Waals surface area contributed by atoms with Gasteiger partial charge in [-0.3, -0.25) is 5.10 Å². The Morgan fingerprint density at radius 3 is 2.67 bits per heavy atom. The molecule has 0 spiro atoms. The van der Waals surface area contributed by atoms with Gasteiger partial charge >= 0.3 is 0 Å². The number of H-pyrrole nitrogens is 1. The number of rotatable bonds is 4. The van der Waals surface area contributed by atoms with Gasteiger partial charge in [-0.1, -0.05) is 0 Å². The van der Waals surface area contributed by atoms with Crippen molar-refractivity contribution in [3.05, 3.63) is 12.2 Å². The Labute approximate surface area is 107 Å². The molecule has 0 bridgehead atoms. The highest BCUT2D eigenvalue weighted by atomic mass is 32.2. The minimum absolute atomic E-state index is 0.0993. The third kappa shape index (κ3) is 3.27. The van der Waals surface area contributed by atoms with Gasteiger partial charge in [0.05, 0.1) is 12.3 Å². The van der Waals surface area contributed by atoms with Gasteiger partial charge in [0.25, 0.3) is 0 Å². The van der Waals surface area contributed by atoms with Crippen molar-refractivity contribution < 1.29 is 8.42 Å². The molecule has 18 heavy (non-hydrogen) atoms. The zero-order valence-electron chi connectivity index (χ0n) is 10.6. The van der Waals surface area contributed by atoms with Crippen molar-refractivity contribution in [2.75, 3.05) is 19.3 Å². The van der Waals surface area contributed by atoms with Gasteiger partial charge < -0.3 is 5.32 Å². The van der Waals surface area contributed by atoms with Crippen molar-refractivity contribution in [1.29, 1.82) is 0 Å². The fraction of sp³-hybridized carbons (Fsp3) is 0.800. The number of piperidine rings is 1. The van der Waals surface area contributed by atoms with Crippen molar-refractivity contribution in [1.82, 2.24) is 24.8 Å². The second-order valence-corrected chi connectivity index (χ2v) is 6.68. The van der Waals surface area contributed by atoms with Crippen LogP contribution in [0.5, 0.6) is 0 Å². The summed E-state index contributed by atoms with van der Waals surface area (Å²) in [5, 5.41) is 10.1. The van der Waals surface area contributed by atoms with Crippen molar-refractivity contribution in [2.24, 2.45) is 0 Å². The third-order valence-corrected chi connectivity index (χ3v) is 4.56. The molecular weight excluding hydrogens is 254 g/mol. The lowest BCUT2D eigenvalue weighted by molar-refractivity contribution is 0.276. The normalized spacial score (nSPS) is 21.0. The van der Waals surface area contributed by atoms with Crippen molar-refractivity contribution in [3.63, 3.8) is 0 Å². The Hall–Kier alpha value is -0.990. The molecule has 1 aromatic rings. The van der Waals surface area contributed by atoms with Crippen LogP contribution in [0, 0.1) is 0 Å². The summed E-state index contributed by atoms with van der Waals surface area (Å²) in [4.78, 5) is 4.10. The SMILES string of the molecule is CC(NC1CCN(S(C)(=O)=O)CC1)c1ncn[nH]1. The van der Waals surface area contributed by atoms with Crippen molar-refractivity contribution in [3.8, 4) is 0 Å². The Kier molecular flexibility index (Phi) is 3.98. The number of aromatic amines is 1. The lowest BCUT2D eigenvalue weighted by Gasteiger charge is -2.32. The third-order valence-electron chi connectivity index (χ3n) is 3.25. The fourth-order valence-corrected chi connectivity index (χ4v) is 3.08. The molecule has 2 rings (SSSR count). The van der Waals surface area contributed by atoms with Crippen LogP contribution in [0.1, 0.15) is 31.6 Å². The van der Waals surface area contributed by atoms with Crippen LogP contribution in [0.15, 0.2) is 6.33 Å². The Bertz CT molecular complexity index is 464. The van der Waals surface area contributed by atoms with E-state index < -0.39 is 10.0 Å². The first-order chi connectivity index (χ1) is 8.47. The van der Waals surface area contributed by atoms with Crippen LogP contribution in [0.25, 0.3) is 0 Å². The van der Waals surface area contributed by atoms with Crippen LogP contribution in [0.4, 0.5) is 0 Å². The summed E-state index contributed by atoms with van der Waals surface area (Å²) in [6, 6.07) is 0.422. The van der Waals surface area contributed by atoms with E-state index in [9.17, 15) is 8.42 Å². The summed E-state index contributed by atoms with van der Waals surface area (Å²) in [5.41, 5.74) is 0. The molecule has 0 amide bonds. The van der Waals surface area contributed by atoms with Crippen LogP contribution < -0.4 is 5.32 Å². The van der Waals surface area contributed by atoms with Gasteiger partial charge in [0.1, 0.15) is 12.2 Å². The molecule has 2 N–H and O–H groups in total. The monoisotopic (exact) mass is 273 g/mol. The average molecular weight is 273 g/mol. The summed E-state index contributed by atoms with van der Waals surface area (Å²) < 4.78 is 24.3. The highest BCUT2D eigenvalue weighted by molar-refractivity contribution is 7.88. The van der Waals surface area contributed by atoms with Gasteiger partial charge in [-0.05, 0) is 19.8 Å². The van der Waals surface area contributed by atoms with E-state index in [1.54, 1.807) is 0 Å². The summed E-state index contributed by atoms with van der Waals surface area (Å²) in [6.45, 7) is 3.18. The van der Waals surface area contributed by atoms with Crippen LogP contribution >= 0.6 is 0 Å². The summed E-state index contributed by atoms with van der Waals surface area (Å²) in [5.74, 6) is 0.806. The quantitative estimate of drug-likeness (QED) is 0.798. The minimum atomic E-state index is -3.04. The van der Waals surface area contributed by atoms with E-state index in [2.05, 4.69) is 20.5 Å². The Balaban J connectivity index is 1.84. The van der Waals surface area contributed by atoms with Crippen molar-refractivity contribution >= 4 is 10.0 Å². The van der Waals surface area contributed by atoms with Crippen LogP contribution in [0.2, 0.25) is 0 Å². The molecule has 1 unspecified atom stereocenters. The smallest absolute Gasteiger partial charge is 0.211 e. The van der Waals surface area contributed by atoms with Gasteiger partial charge in [-0.25, -0.2) is 17.7 Å². The van der Waals surface area contributed by atoms with Gasteiger partial charge in [0.15, 0.2) is 0 Å². The first-order valence-corrected chi connectivity index (χ1v) is 7.88. The van der Waals surface area contributed by atoms with E-state index >= 15 is 0 Å². The van der Waals surface area contributed by atoms with Crippen LogP contribution in [0.3, 0.4) is 0 Å². The zero-order valence-corrected chi connectivity index (χ0v) is 11.4. The molecule has 1 aliphatic heterocycles. The molecule has 1 fully saturated rings.